The van der Waals surface area contributed by atoms with Gasteiger partial charge in [-0.3, -0.25) is 4.79 Å². The molecule has 0 saturated heterocycles. The lowest BCUT2D eigenvalue weighted by Crippen LogP contribution is -2.07. The van der Waals surface area contributed by atoms with Crippen molar-refractivity contribution in [1.82, 2.24) is 4.98 Å². The summed E-state index contributed by atoms with van der Waals surface area (Å²) in [7, 11) is 1.65. The second-order valence-corrected chi connectivity index (χ2v) is 6.57. The fourth-order valence-corrected chi connectivity index (χ4v) is 3.21. The van der Waals surface area contributed by atoms with Crippen LogP contribution < -0.4 is 4.74 Å². The molecule has 1 heterocycles. The standard InChI is InChI=1S/C20H19NO3S/c1-14-10-16-11-17(23-2)8-9-18(16)21-20(14)25-13-19(22)24-12-15-6-4-3-5-7-15/h3-11H,12-13H2,1-2H3. The molecule has 0 bridgehead atoms. The predicted molar refractivity (Wildman–Crippen MR) is 100.0 cm³/mol. The monoisotopic (exact) mass is 353 g/mol. The van der Waals surface area contributed by atoms with Gasteiger partial charge in [0.1, 0.15) is 17.4 Å². The topological polar surface area (TPSA) is 48.4 Å². The van der Waals surface area contributed by atoms with Crippen LogP contribution in [0.2, 0.25) is 0 Å². The van der Waals surface area contributed by atoms with E-state index in [-0.39, 0.29) is 11.7 Å². The Bertz CT molecular complexity index is 881. The van der Waals surface area contributed by atoms with Crippen molar-refractivity contribution in [2.24, 2.45) is 0 Å². The third kappa shape index (κ3) is 4.51. The van der Waals surface area contributed by atoms with E-state index in [2.05, 4.69) is 11.1 Å². The lowest BCUT2D eigenvalue weighted by atomic mass is 10.1. The maximum absolute atomic E-state index is 12.0. The van der Waals surface area contributed by atoms with Gasteiger partial charge >= 0.3 is 5.97 Å². The molecule has 0 amide bonds. The van der Waals surface area contributed by atoms with Gasteiger partial charge < -0.3 is 9.47 Å². The van der Waals surface area contributed by atoms with Crippen molar-refractivity contribution >= 4 is 28.6 Å². The molecule has 0 radical (unpaired) electrons. The number of rotatable bonds is 6. The fraction of sp³-hybridized carbons (Fsp3) is 0.200. The summed E-state index contributed by atoms with van der Waals surface area (Å²) in [5.74, 6) is 0.797. The molecule has 0 spiro atoms. The van der Waals surface area contributed by atoms with E-state index in [4.69, 9.17) is 9.47 Å². The number of fused-ring (bicyclic) bond motifs is 1. The fourth-order valence-electron chi connectivity index (χ4n) is 2.42. The number of hydrogen-bond acceptors (Lipinski definition) is 5. The van der Waals surface area contributed by atoms with E-state index < -0.39 is 0 Å². The third-order valence-electron chi connectivity index (χ3n) is 3.74. The van der Waals surface area contributed by atoms with Gasteiger partial charge in [-0.15, -0.1) is 0 Å². The second-order valence-electron chi connectivity index (χ2n) is 5.60. The number of carbonyl (C=O) groups is 1. The Hall–Kier alpha value is -2.53. The maximum atomic E-state index is 12.0. The molecule has 0 saturated carbocycles. The van der Waals surface area contributed by atoms with Gasteiger partial charge in [-0.2, -0.15) is 0 Å². The molecule has 2 aromatic carbocycles. The van der Waals surface area contributed by atoms with Gasteiger partial charge in [0.25, 0.3) is 0 Å². The molecule has 0 aliphatic rings. The molecule has 0 aliphatic carbocycles. The highest BCUT2D eigenvalue weighted by molar-refractivity contribution is 7.99. The molecule has 0 aliphatic heterocycles. The molecular weight excluding hydrogens is 334 g/mol. The second kappa shape index (κ2) is 8.03. The highest BCUT2D eigenvalue weighted by Crippen LogP contribution is 2.26. The van der Waals surface area contributed by atoms with Crippen LogP contribution in [0.4, 0.5) is 0 Å². The molecule has 5 heteroatoms. The van der Waals surface area contributed by atoms with Gasteiger partial charge in [0, 0.05) is 5.39 Å². The summed E-state index contributed by atoms with van der Waals surface area (Å²) in [4.78, 5) is 16.6. The number of esters is 1. The van der Waals surface area contributed by atoms with Gasteiger partial charge in [-0.05, 0) is 42.3 Å². The lowest BCUT2D eigenvalue weighted by molar-refractivity contribution is -0.141. The number of methoxy groups -OCH3 is 1. The molecule has 0 N–H and O–H groups in total. The van der Waals surface area contributed by atoms with E-state index >= 15 is 0 Å². The van der Waals surface area contributed by atoms with Crippen LogP contribution in [-0.4, -0.2) is 23.8 Å². The normalized spacial score (nSPS) is 10.6. The Morgan fingerprint density at radius 3 is 2.68 bits per heavy atom. The van der Waals surface area contributed by atoms with Crippen LogP contribution in [0.3, 0.4) is 0 Å². The molecule has 0 atom stereocenters. The minimum atomic E-state index is -0.245. The number of nitrogens with zero attached hydrogens (tertiary/aromatic N) is 1. The number of aromatic nitrogens is 1. The average molecular weight is 353 g/mol. The highest BCUT2D eigenvalue weighted by atomic mass is 32.2. The summed E-state index contributed by atoms with van der Waals surface area (Å²) in [5.41, 5.74) is 2.89. The van der Waals surface area contributed by atoms with Crippen molar-refractivity contribution in [3.63, 3.8) is 0 Å². The zero-order chi connectivity index (χ0) is 17.6. The van der Waals surface area contributed by atoms with Crippen molar-refractivity contribution in [2.75, 3.05) is 12.9 Å². The predicted octanol–water partition coefficient (Wildman–Crippen LogP) is 4.39. The maximum Gasteiger partial charge on any atom is 0.316 e. The van der Waals surface area contributed by atoms with E-state index in [9.17, 15) is 4.79 Å². The van der Waals surface area contributed by atoms with Crippen molar-refractivity contribution in [3.8, 4) is 5.75 Å². The van der Waals surface area contributed by atoms with Crippen LogP contribution in [0, 0.1) is 6.92 Å². The summed E-state index contributed by atoms with van der Waals surface area (Å²) in [6.07, 6.45) is 0. The molecule has 0 unspecified atom stereocenters. The number of benzene rings is 2. The number of hydrogen-bond donors (Lipinski definition) is 0. The van der Waals surface area contributed by atoms with E-state index in [1.54, 1.807) is 7.11 Å². The molecule has 0 fully saturated rings. The van der Waals surface area contributed by atoms with Crippen LogP contribution in [0.25, 0.3) is 10.9 Å². The zero-order valence-electron chi connectivity index (χ0n) is 14.2. The summed E-state index contributed by atoms with van der Waals surface area (Å²) in [5, 5.41) is 1.86. The van der Waals surface area contributed by atoms with Crippen molar-refractivity contribution in [3.05, 3.63) is 65.7 Å². The third-order valence-corrected chi connectivity index (χ3v) is 4.80. The molecule has 3 aromatic rings. The summed E-state index contributed by atoms with van der Waals surface area (Å²) in [6, 6.07) is 17.5. The van der Waals surface area contributed by atoms with Crippen molar-refractivity contribution in [1.29, 1.82) is 0 Å². The number of pyridine rings is 1. The van der Waals surface area contributed by atoms with Crippen LogP contribution in [0.5, 0.6) is 5.75 Å². The van der Waals surface area contributed by atoms with Gasteiger partial charge in [0.15, 0.2) is 0 Å². The smallest absolute Gasteiger partial charge is 0.316 e. The van der Waals surface area contributed by atoms with E-state index in [0.29, 0.717) is 6.61 Å². The Balaban J connectivity index is 1.62. The first kappa shape index (κ1) is 17.3. The van der Waals surface area contributed by atoms with E-state index in [1.807, 2.05) is 55.5 Å². The van der Waals surface area contributed by atoms with Gasteiger partial charge in [0.2, 0.25) is 0 Å². The molecule has 1 aromatic heterocycles. The zero-order valence-corrected chi connectivity index (χ0v) is 15.0. The number of ether oxygens (including phenoxy) is 2. The van der Waals surface area contributed by atoms with Gasteiger partial charge in [0.05, 0.1) is 18.4 Å². The molecule has 128 valence electrons. The SMILES string of the molecule is COc1ccc2nc(SCC(=O)OCc3ccccc3)c(C)cc2c1. The Labute approximate surface area is 151 Å². The molecule has 25 heavy (non-hydrogen) atoms. The van der Waals surface area contributed by atoms with E-state index in [0.717, 1.165) is 32.8 Å². The first-order valence-electron chi connectivity index (χ1n) is 7.93. The first-order chi connectivity index (χ1) is 12.2. The van der Waals surface area contributed by atoms with Crippen LogP contribution in [0.15, 0.2) is 59.6 Å². The Morgan fingerprint density at radius 1 is 1.12 bits per heavy atom. The quantitative estimate of drug-likeness (QED) is 0.486. The van der Waals surface area contributed by atoms with E-state index in [1.165, 1.54) is 11.8 Å². The minimum Gasteiger partial charge on any atom is -0.497 e. The Kier molecular flexibility index (Phi) is 5.56. The highest BCUT2D eigenvalue weighted by Gasteiger charge is 2.09. The first-order valence-corrected chi connectivity index (χ1v) is 8.92. The van der Waals surface area contributed by atoms with Crippen molar-refractivity contribution in [2.45, 2.75) is 18.6 Å². The number of carbonyl (C=O) groups excluding carboxylic acids is 1. The van der Waals surface area contributed by atoms with Gasteiger partial charge in [-0.1, -0.05) is 42.1 Å². The minimum absolute atomic E-state index is 0.238. The van der Waals surface area contributed by atoms with Crippen LogP contribution >= 0.6 is 11.8 Å². The average Bonchev–Trinajstić information content (AvgIpc) is 2.65. The summed E-state index contributed by atoms with van der Waals surface area (Å²) >= 11 is 1.40. The number of thioether (sulfide) groups is 1. The van der Waals surface area contributed by atoms with Crippen LogP contribution in [-0.2, 0) is 16.1 Å². The number of aryl methyl sites for hydroxylation is 1. The summed E-state index contributed by atoms with van der Waals surface area (Å²) < 4.78 is 10.5. The van der Waals surface area contributed by atoms with Crippen LogP contribution in [0.1, 0.15) is 11.1 Å². The summed E-state index contributed by atoms with van der Waals surface area (Å²) in [6.45, 7) is 2.29. The van der Waals surface area contributed by atoms with Crippen molar-refractivity contribution < 1.29 is 14.3 Å². The lowest BCUT2D eigenvalue weighted by Gasteiger charge is -2.08. The molecule has 4 nitrogen and oxygen atoms in total. The Morgan fingerprint density at radius 2 is 1.92 bits per heavy atom. The molecular formula is C20H19NO3S. The largest absolute Gasteiger partial charge is 0.497 e. The van der Waals surface area contributed by atoms with Gasteiger partial charge in [-0.25, -0.2) is 4.98 Å². The molecule has 3 rings (SSSR count).